The third-order valence-corrected chi connectivity index (χ3v) is 5.49. The van der Waals surface area contributed by atoms with Crippen LogP contribution in [0.4, 0.5) is 11.6 Å². The zero-order valence-corrected chi connectivity index (χ0v) is 18.4. The van der Waals surface area contributed by atoms with Gasteiger partial charge in [-0.2, -0.15) is 10.1 Å². The normalized spacial score (nSPS) is 11.4. The zero-order valence-electron chi connectivity index (χ0n) is 17.6. The van der Waals surface area contributed by atoms with Crippen LogP contribution in [0.1, 0.15) is 11.1 Å². The molecule has 0 aliphatic heterocycles. The number of benzene rings is 2. The van der Waals surface area contributed by atoms with Crippen molar-refractivity contribution in [1.82, 2.24) is 18.7 Å². The molecule has 0 saturated heterocycles. The average molecular weight is 468 g/mol. The number of nitrogens with zero attached hydrogens (tertiary/aromatic N) is 6. The van der Waals surface area contributed by atoms with Gasteiger partial charge in [0.25, 0.3) is 11.2 Å². The van der Waals surface area contributed by atoms with E-state index in [0.29, 0.717) is 10.6 Å². The van der Waals surface area contributed by atoms with Crippen molar-refractivity contribution < 1.29 is 4.92 Å². The lowest BCUT2D eigenvalue weighted by atomic mass is 10.2. The zero-order chi connectivity index (χ0) is 23.7. The Labute approximate surface area is 191 Å². The van der Waals surface area contributed by atoms with Crippen LogP contribution in [0.5, 0.6) is 0 Å². The summed E-state index contributed by atoms with van der Waals surface area (Å²) in [5, 5.41) is 15.5. The van der Waals surface area contributed by atoms with Crippen molar-refractivity contribution in [3.8, 4) is 0 Å². The van der Waals surface area contributed by atoms with Crippen LogP contribution in [-0.2, 0) is 20.6 Å². The Hall–Kier alpha value is -4.25. The molecule has 0 aliphatic carbocycles. The first-order chi connectivity index (χ1) is 15.8. The van der Waals surface area contributed by atoms with Crippen LogP contribution >= 0.6 is 11.6 Å². The molecule has 0 aliphatic rings. The summed E-state index contributed by atoms with van der Waals surface area (Å²) in [7, 11) is 2.93. The monoisotopic (exact) mass is 467 g/mol. The molecular formula is C21H18ClN7O4. The van der Waals surface area contributed by atoms with E-state index in [2.05, 4.69) is 15.5 Å². The van der Waals surface area contributed by atoms with Gasteiger partial charge in [0.15, 0.2) is 11.2 Å². The minimum absolute atomic E-state index is 0.0293. The Kier molecular flexibility index (Phi) is 5.80. The maximum absolute atomic E-state index is 12.9. The minimum Gasteiger partial charge on any atom is -0.298 e. The quantitative estimate of drug-likeness (QED) is 0.263. The lowest BCUT2D eigenvalue weighted by molar-refractivity contribution is -0.384. The number of nitrogens with one attached hydrogen (secondary N) is 1. The third-order valence-electron chi connectivity index (χ3n) is 5.12. The fourth-order valence-electron chi connectivity index (χ4n) is 3.33. The molecule has 33 heavy (non-hydrogen) atoms. The topological polar surface area (TPSA) is 129 Å². The molecule has 168 valence electrons. The van der Waals surface area contributed by atoms with E-state index in [1.54, 1.807) is 28.8 Å². The van der Waals surface area contributed by atoms with Crippen molar-refractivity contribution in [3.63, 3.8) is 0 Å². The number of hydrazone groups is 1. The lowest BCUT2D eigenvalue weighted by Crippen LogP contribution is -2.37. The van der Waals surface area contributed by atoms with Gasteiger partial charge in [0.1, 0.15) is 0 Å². The highest BCUT2D eigenvalue weighted by Crippen LogP contribution is 2.22. The van der Waals surface area contributed by atoms with Crippen molar-refractivity contribution in [2.75, 3.05) is 5.43 Å². The molecule has 0 saturated carbocycles. The summed E-state index contributed by atoms with van der Waals surface area (Å²) in [6.45, 7) is 0.207. The smallest absolute Gasteiger partial charge is 0.298 e. The highest BCUT2D eigenvalue weighted by atomic mass is 35.5. The average Bonchev–Trinajstić information content (AvgIpc) is 3.16. The van der Waals surface area contributed by atoms with Gasteiger partial charge in [0.05, 0.1) is 17.7 Å². The van der Waals surface area contributed by atoms with E-state index < -0.39 is 16.2 Å². The second-order valence-corrected chi connectivity index (χ2v) is 7.62. The van der Waals surface area contributed by atoms with Gasteiger partial charge in [-0.3, -0.25) is 28.6 Å². The summed E-state index contributed by atoms with van der Waals surface area (Å²) < 4.78 is 3.90. The fourth-order valence-corrected chi connectivity index (χ4v) is 3.52. The number of non-ortho nitro benzene ring substituents is 1. The molecule has 0 fully saturated rings. The standard InChI is InChI=1S/C21H18ClN7O4/c1-26-18-17(19(30)27(2)21(26)31)28(12-14-5-3-4-6-16(14)22)20(24-18)25-23-11-13-7-9-15(10-8-13)29(32)33/h3-11H,12H2,1-2H3,(H,24,25). The van der Waals surface area contributed by atoms with Crippen LogP contribution < -0.4 is 16.7 Å². The van der Waals surface area contributed by atoms with Crippen molar-refractivity contribution in [3.05, 3.63) is 95.6 Å². The molecule has 0 bridgehead atoms. The predicted octanol–water partition coefficient (Wildman–Crippen LogP) is 2.49. The number of imidazole rings is 1. The fraction of sp³-hybridized carbons (Fsp3) is 0.143. The number of aryl methyl sites for hydroxylation is 1. The van der Waals surface area contributed by atoms with Gasteiger partial charge in [-0.15, -0.1) is 0 Å². The Morgan fingerprint density at radius 2 is 1.82 bits per heavy atom. The van der Waals surface area contributed by atoms with E-state index in [-0.39, 0.29) is 29.3 Å². The van der Waals surface area contributed by atoms with E-state index in [0.717, 1.165) is 10.1 Å². The minimum atomic E-state index is -0.504. The summed E-state index contributed by atoms with van der Waals surface area (Å²) >= 11 is 6.32. The van der Waals surface area contributed by atoms with Crippen LogP contribution in [-0.4, -0.2) is 29.8 Å². The second kappa shape index (κ2) is 8.71. The molecule has 11 nitrogen and oxygen atoms in total. The molecule has 1 N–H and O–H groups in total. The van der Waals surface area contributed by atoms with Crippen LogP contribution in [0, 0.1) is 10.1 Å². The molecule has 0 amide bonds. The van der Waals surface area contributed by atoms with Crippen molar-refractivity contribution in [2.45, 2.75) is 6.54 Å². The largest absolute Gasteiger partial charge is 0.332 e. The SMILES string of the molecule is Cn1c(=O)c2c(nc(NN=Cc3ccc([N+](=O)[O-])cc3)n2Cc2ccccc2Cl)n(C)c1=O. The number of nitro groups is 1. The first-order valence-corrected chi connectivity index (χ1v) is 10.1. The molecule has 2 aromatic carbocycles. The number of halogens is 1. The highest BCUT2D eigenvalue weighted by molar-refractivity contribution is 6.31. The van der Waals surface area contributed by atoms with Gasteiger partial charge in [0.2, 0.25) is 5.95 Å². The number of hydrogen-bond donors (Lipinski definition) is 1. The van der Waals surface area contributed by atoms with Crippen LogP contribution in [0.3, 0.4) is 0 Å². The Morgan fingerprint density at radius 1 is 1.12 bits per heavy atom. The predicted molar refractivity (Wildman–Crippen MR) is 125 cm³/mol. The molecule has 0 radical (unpaired) electrons. The summed E-state index contributed by atoms with van der Waals surface area (Å²) in [5.74, 6) is 0.224. The number of nitro benzene ring substituents is 1. The number of anilines is 1. The van der Waals surface area contributed by atoms with Crippen LogP contribution in [0.2, 0.25) is 5.02 Å². The first kappa shape index (κ1) is 22.0. The van der Waals surface area contributed by atoms with E-state index in [9.17, 15) is 19.7 Å². The van der Waals surface area contributed by atoms with E-state index in [1.807, 2.05) is 12.1 Å². The van der Waals surface area contributed by atoms with E-state index in [1.165, 1.54) is 37.0 Å². The van der Waals surface area contributed by atoms with Crippen molar-refractivity contribution in [2.24, 2.45) is 19.2 Å². The van der Waals surface area contributed by atoms with Gasteiger partial charge in [0, 0.05) is 31.3 Å². The maximum atomic E-state index is 12.9. The lowest BCUT2D eigenvalue weighted by Gasteiger charge is -2.10. The van der Waals surface area contributed by atoms with Gasteiger partial charge in [-0.25, -0.2) is 10.2 Å². The summed E-state index contributed by atoms with van der Waals surface area (Å²) in [4.78, 5) is 40.0. The number of hydrogen-bond acceptors (Lipinski definition) is 7. The molecule has 4 aromatic rings. The molecule has 0 unspecified atom stereocenters. The van der Waals surface area contributed by atoms with Crippen molar-refractivity contribution >= 4 is 40.6 Å². The van der Waals surface area contributed by atoms with Crippen LogP contribution in [0.15, 0.2) is 63.2 Å². The Morgan fingerprint density at radius 3 is 2.48 bits per heavy atom. The summed E-state index contributed by atoms with van der Waals surface area (Å²) in [6.07, 6.45) is 1.46. The van der Waals surface area contributed by atoms with Gasteiger partial charge >= 0.3 is 5.69 Å². The maximum Gasteiger partial charge on any atom is 0.332 e. The molecule has 2 heterocycles. The highest BCUT2D eigenvalue weighted by Gasteiger charge is 2.19. The number of rotatable bonds is 6. The van der Waals surface area contributed by atoms with E-state index in [4.69, 9.17) is 11.6 Å². The molecule has 0 spiro atoms. The van der Waals surface area contributed by atoms with E-state index >= 15 is 0 Å². The molecule has 12 heteroatoms. The molecule has 2 aromatic heterocycles. The summed E-state index contributed by atoms with van der Waals surface area (Å²) in [5.41, 5.74) is 3.55. The second-order valence-electron chi connectivity index (χ2n) is 7.21. The first-order valence-electron chi connectivity index (χ1n) is 9.71. The van der Waals surface area contributed by atoms with Gasteiger partial charge in [-0.05, 0) is 29.3 Å². The number of aromatic nitrogens is 4. The van der Waals surface area contributed by atoms with Crippen molar-refractivity contribution in [1.29, 1.82) is 0 Å². The molecule has 0 atom stereocenters. The van der Waals surface area contributed by atoms with Gasteiger partial charge < -0.3 is 0 Å². The summed E-state index contributed by atoms with van der Waals surface area (Å²) in [6, 6.07) is 13.0. The molecule has 4 rings (SSSR count). The Balaban J connectivity index is 1.78. The third kappa shape index (κ3) is 4.13. The Bertz CT molecular complexity index is 1520. The molecular weight excluding hydrogens is 450 g/mol. The van der Waals surface area contributed by atoms with Crippen LogP contribution in [0.25, 0.3) is 11.2 Å². The van der Waals surface area contributed by atoms with Gasteiger partial charge in [-0.1, -0.05) is 29.8 Å². The number of fused-ring (bicyclic) bond motifs is 1.